The molecule has 0 unspecified atom stereocenters. The Labute approximate surface area is 212 Å². The number of para-hydroxylation sites is 1. The quantitative estimate of drug-likeness (QED) is 0.450. The number of aryl methyl sites for hydroxylation is 1. The van der Waals surface area contributed by atoms with Gasteiger partial charge in [0.1, 0.15) is 24.1 Å². The Kier molecular flexibility index (Phi) is 8.71. The summed E-state index contributed by atoms with van der Waals surface area (Å²) in [6.45, 7) is 3.28. The number of carbonyl (C=O) groups is 2. The first-order valence-corrected chi connectivity index (χ1v) is 13.3. The topological polar surface area (TPSA) is 96.0 Å². The van der Waals surface area contributed by atoms with Crippen molar-refractivity contribution in [2.45, 2.75) is 26.4 Å². The fourth-order valence-electron chi connectivity index (χ4n) is 3.60. The summed E-state index contributed by atoms with van der Waals surface area (Å²) in [4.78, 5) is 27.2. The largest absolute Gasteiger partial charge is 0.457 e. The molecule has 1 atom stereocenters. The number of likely N-dealkylation sites (N-methyl/N-ethyl adjacent to an activating group) is 1. The maximum absolute atomic E-state index is 13.4. The summed E-state index contributed by atoms with van der Waals surface area (Å²) < 4.78 is 32.1. The molecule has 0 heterocycles. The number of ether oxygens (including phenoxy) is 1. The van der Waals surface area contributed by atoms with Gasteiger partial charge in [-0.15, -0.1) is 0 Å². The number of hydrogen-bond donors (Lipinski definition) is 1. The van der Waals surface area contributed by atoms with Crippen molar-refractivity contribution in [1.29, 1.82) is 0 Å². The minimum atomic E-state index is -3.80. The van der Waals surface area contributed by atoms with E-state index in [1.54, 1.807) is 31.2 Å². The monoisotopic (exact) mass is 509 g/mol. The first-order chi connectivity index (χ1) is 17.1. The molecule has 190 valence electrons. The van der Waals surface area contributed by atoms with Gasteiger partial charge in [-0.05, 0) is 55.8 Å². The molecule has 0 saturated heterocycles. The Balaban J connectivity index is 1.84. The van der Waals surface area contributed by atoms with E-state index in [1.165, 1.54) is 11.9 Å². The summed E-state index contributed by atoms with van der Waals surface area (Å²) in [5.41, 5.74) is 2.21. The van der Waals surface area contributed by atoms with Crippen molar-refractivity contribution in [3.63, 3.8) is 0 Å². The van der Waals surface area contributed by atoms with Crippen LogP contribution in [0.2, 0.25) is 0 Å². The number of rotatable bonds is 10. The fourth-order valence-corrected chi connectivity index (χ4v) is 4.45. The molecule has 2 amide bonds. The minimum Gasteiger partial charge on any atom is -0.457 e. The molecule has 0 fully saturated rings. The molecule has 1 N–H and O–H groups in total. The maximum Gasteiger partial charge on any atom is 0.244 e. The summed E-state index contributed by atoms with van der Waals surface area (Å²) >= 11 is 0. The van der Waals surface area contributed by atoms with Gasteiger partial charge in [-0.25, -0.2) is 8.42 Å². The van der Waals surface area contributed by atoms with E-state index in [4.69, 9.17) is 4.74 Å². The molecule has 0 bridgehead atoms. The van der Waals surface area contributed by atoms with E-state index in [-0.39, 0.29) is 12.5 Å². The first-order valence-electron chi connectivity index (χ1n) is 11.5. The second-order valence-electron chi connectivity index (χ2n) is 8.48. The second-order valence-corrected chi connectivity index (χ2v) is 10.4. The normalized spacial score (nSPS) is 11.9. The molecule has 0 saturated carbocycles. The predicted molar refractivity (Wildman–Crippen MR) is 140 cm³/mol. The smallest absolute Gasteiger partial charge is 0.244 e. The van der Waals surface area contributed by atoms with Gasteiger partial charge in [-0.3, -0.25) is 13.9 Å². The van der Waals surface area contributed by atoms with Crippen LogP contribution in [0, 0.1) is 6.92 Å². The Morgan fingerprint density at radius 3 is 2.06 bits per heavy atom. The van der Waals surface area contributed by atoms with Gasteiger partial charge in [0.2, 0.25) is 21.8 Å². The number of anilines is 1. The van der Waals surface area contributed by atoms with E-state index in [1.807, 2.05) is 61.5 Å². The van der Waals surface area contributed by atoms with Gasteiger partial charge >= 0.3 is 0 Å². The van der Waals surface area contributed by atoms with Crippen LogP contribution in [0.4, 0.5) is 5.69 Å². The van der Waals surface area contributed by atoms with Crippen molar-refractivity contribution >= 4 is 27.5 Å². The Hall–Kier alpha value is -3.85. The lowest BCUT2D eigenvalue weighted by Gasteiger charge is -2.31. The summed E-state index contributed by atoms with van der Waals surface area (Å²) in [6, 6.07) is 22.5. The van der Waals surface area contributed by atoms with E-state index in [0.29, 0.717) is 17.2 Å². The fraction of sp³-hybridized carbons (Fsp3) is 0.259. The molecule has 0 aliphatic heterocycles. The van der Waals surface area contributed by atoms with Gasteiger partial charge in [0.25, 0.3) is 0 Å². The van der Waals surface area contributed by atoms with Gasteiger partial charge in [-0.2, -0.15) is 0 Å². The molecule has 36 heavy (non-hydrogen) atoms. The highest BCUT2D eigenvalue weighted by Gasteiger charge is 2.29. The van der Waals surface area contributed by atoms with Crippen LogP contribution >= 0.6 is 0 Å². The van der Waals surface area contributed by atoms with Crippen LogP contribution in [0.25, 0.3) is 0 Å². The number of benzene rings is 3. The zero-order valence-corrected chi connectivity index (χ0v) is 21.7. The molecule has 9 heteroatoms. The van der Waals surface area contributed by atoms with Crippen molar-refractivity contribution in [1.82, 2.24) is 10.2 Å². The molecular formula is C27H31N3O5S. The number of nitrogens with one attached hydrogen (secondary N) is 1. The number of nitrogens with zero attached hydrogens (tertiary/aromatic N) is 2. The van der Waals surface area contributed by atoms with Crippen LogP contribution in [0.5, 0.6) is 11.5 Å². The van der Waals surface area contributed by atoms with Crippen molar-refractivity contribution in [2.24, 2.45) is 0 Å². The number of sulfonamides is 1. The molecule has 0 aliphatic carbocycles. The standard InChI is InChI=1S/C27H31N3O5S/c1-20-10-12-22(13-11-20)18-29(21(2)27(32)28-3)26(31)19-30(36(4,33)34)23-14-16-25(17-15-23)35-24-8-6-5-7-9-24/h5-17,21H,18-19H2,1-4H3,(H,28,32)/t21-/m1/s1. The molecule has 0 radical (unpaired) electrons. The average Bonchev–Trinajstić information content (AvgIpc) is 2.86. The van der Waals surface area contributed by atoms with Gasteiger partial charge < -0.3 is 15.0 Å². The highest BCUT2D eigenvalue weighted by atomic mass is 32.2. The third kappa shape index (κ3) is 7.08. The summed E-state index contributed by atoms with van der Waals surface area (Å²) in [7, 11) is -2.31. The van der Waals surface area contributed by atoms with E-state index in [9.17, 15) is 18.0 Å². The summed E-state index contributed by atoms with van der Waals surface area (Å²) in [5, 5.41) is 2.56. The van der Waals surface area contributed by atoms with E-state index in [0.717, 1.165) is 21.7 Å². The van der Waals surface area contributed by atoms with Crippen LogP contribution in [-0.2, 0) is 26.2 Å². The molecule has 3 aromatic rings. The average molecular weight is 510 g/mol. The molecule has 0 aromatic heterocycles. The summed E-state index contributed by atoms with van der Waals surface area (Å²) in [6.07, 6.45) is 1.04. The second kappa shape index (κ2) is 11.7. The highest BCUT2D eigenvalue weighted by molar-refractivity contribution is 7.92. The molecule has 0 spiro atoms. The zero-order chi connectivity index (χ0) is 26.3. The summed E-state index contributed by atoms with van der Waals surface area (Å²) in [5.74, 6) is 0.333. The Morgan fingerprint density at radius 2 is 1.50 bits per heavy atom. The van der Waals surface area contributed by atoms with Gasteiger partial charge in [0, 0.05) is 13.6 Å². The van der Waals surface area contributed by atoms with Crippen LogP contribution in [0.3, 0.4) is 0 Å². The molecule has 8 nitrogen and oxygen atoms in total. The van der Waals surface area contributed by atoms with Crippen LogP contribution in [-0.4, -0.2) is 51.0 Å². The molecule has 3 aromatic carbocycles. The van der Waals surface area contributed by atoms with Crippen molar-refractivity contribution in [2.75, 3.05) is 24.2 Å². The van der Waals surface area contributed by atoms with Gasteiger partial charge in [0.15, 0.2) is 0 Å². The number of carbonyl (C=O) groups excluding carboxylic acids is 2. The SMILES string of the molecule is CNC(=O)[C@@H](C)N(Cc1ccc(C)cc1)C(=O)CN(c1ccc(Oc2ccccc2)cc1)S(C)(=O)=O. The first kappa shape index (κ1) is 26.7. The lowest BCUT2D eigenvalue weighted by molar-refractivity contribution is -0.139. The van der Waals surface area contributed by atoms with Crippen LogP contribution in [0.15, 0.2) is 78.9 Å². The Morgan fingerprint density at radius 1 is 0.917 bits per heavy atom. The lowest BCUT2D eigenvalue weighted by atomic mass is 10.1. The minimum absolute atomic E-state index is 0.162. The van der Waals surface area contributed by atoms with Gasteiger partial charge in [-0.1, -0.05) is 48.0 Å². The third-order valence-electron chi connectivity index (χ3n) is 5.67. The third-order valence-corrected chi connectivity index (χ3v) is 6.81. The molecule has 3 rings (SSSR count). The van der Waals surface area contributed by atoms with Crippen LogP contribution < -0.4 is 14.4 Å². The zero-order valence-electron chi connectivity index (χ0n) is 20.8. The van der Waals surface area contributed by atoms with Crippen molar-refractivity contribution in [3.05, 3.63) is 90.0 Å². The van der Waals surface area contributed by atoms with Gasteiger partial charge in [0.05, 0.1) is 11.9 Å². The Bertz CT molecular complexity index is 1280. The molecule has 0 aliphatic rings. The maximum atomic E-state index is 13.4. The highest BCUT2D eigenvalue weighted by Crippen LogP contribution is 2.26. The van der Waals surface area contributed by atoms with E-state index >= 15 is 0 Å². The van der Waals surface area contributed by atoms with E-state index < -0.39 is 28.5 Å². The molecular weight excluding hydrogens is 478 g/mol. The van der Waals surface area contributed by atoms with E-state index in [2.05, 4.69) is 5.32 Å². The van der Waals surface area contributed by atoms with Crippen molar-refractivity contribution in [3.8, 4) is 11.5 Å². The van der Waals surface area contributed by atoms with Crippen molar-refractivity contribution < 1.29 is 22.7 Å². The predicted octanol–water partition coefficient (Wildman–Crippen LogP) is 3.72. The van der Waals surface area contributed by atoms with Crippen LogP contribution in [0.1, 0.15) is 18.1 Å². The number of hydrogen-bond acceptors (Lipinski definition) is 5. The number of amides is 2. The lowest BCUT2D eigenvalue weighted by Crippen LogP contribution is -2.50.